The molecular weight excluding hydrogens is 586 g/mol. The zero-order chi connectivity index (χ0) is 32.2. The highest BCUT2D eigenvalue weighted by Crippen LogP contribution is 2.58. The van der Waals surface area contributed by atoms with Gasteiger partial charge in [0.05, 0.1) is 35.9 Å². The molecular formula is C38H45N7O2. The molecule has 2 bridgehead atoms. The van der Waals surface area contributed by atoms with E-state index in [1.807, 2.05) is 24.9 Å². The van der Waals surface area contributed by atoms with Crippen molar-refractivity contribution in [1.82, 2.24) is 35.1 Å². The van der Waals surface area contributed by atoms with Gasteiger partial charge in [-0.3, -0.25) is 14.5 Å². The molecule has 1 saturated carbocycles. The van der Waals surface area contributed by atoms with Gasteiger partial charge in [0.15, 0.2) is 0 Å². The lowest BCUT2D eigenvalue weighted by molar-refractivity contribution is -0.137. The number of rotatable bonds is 9. The van der Waals surface area contributed by atoms with Crippen LogP contribution in [0.4, 0.5) is 0 Å². The monoisotopic (exact) mass is 631 g/mol. The quantitative estimate of drug-likeness (QED) is 0.178. The van der Waals surface area contributed by atoms with Crippen LogP contribution in [0.25, 0.3) is 33.6 Å². The fourth-order valence-electron chi connectivity index (χ4n) is 9.00. The summed E-state index contributed by atoms with van der Waals surface area (Å²) in [7, 11) is 2.20. The molecule has 4 aromatic rings. The van der Waals surface area contributed by atoms with Crippen molar-refractivity contribution in [2.75, 3.05) is 20.1 Å². The smallest absolute Gasteiger partial charge is 0.246 e. The largest absolute Gasteiger partial charge is 0.347 e. The standard InChI is InChI=1S/C38H45N7O2/c1-22(2)35(41-21-46)38(47)45-17-5-7-32(45)37-39-19-29(42-37)24-10-8-23(9-11-24)27-14-15-28(34-26-13-12-25(18-26)33(27)34)30-20-40-36(43-30)31-6-4-16-44(31)3/h8-11,14-15,19-22,25-26,31-32,35H,4-7,12-13,16-18H2,1-3H3,(H,39,42)(H,40,43)(H,41,46). The summed E-state index contributed by atoms with van der Waals surface area (Å²) in [6, 6.07) is 13.2. The highest BCUT2D eigenvalue weighted by molar-refractivity contribution is 5.84. The third kappa shape index (κ3) is 5.19. The first-order valence-electron chi connectivity index (χ1n) is 17.5. The van der Waals surface area contributed by atoms with E-state index in [2.05, 4.69) is 69.8 Å². The fraction of sp³-hybridized carbons (Fsp3) is 0.474. The summed E-state index contributed by atoms with van der Waals surface area (Å²) in [5.74, 6) is 3.11. The highest BCUT2D eigenvalue weighted by Gasteiger charge is 2.41. The summed E-state index contributed by atoms with van der Waals surface area (Å²) >= 11 is 0. The molecule has 4 heterocycles. The van der Waals surface area contributed by atoms with Crippen LogP contribution in [0.3, 0.4) is 0 Å². The van der Waals surface area contributed by atoms with Gasteiger partial charge in [-0.25, -0.2) is 9.97 Å². The van der Waals surface area contributed by atoms with E-state index in [1.165, 1.54) is 54.4 Å². The number of fused-ring (bicyclic) bond motifs is 5. The topological polar surface area (TPSA) is 110 Å². The molecule has 8 rings (SSSR count). The normalized spacial score (nSPS) is 24.3. The van der Waals surface area contributed by atoms with Gasteiger partial charge in [-0.15, -0.1) is 0 Å². The molecule has 4 aliphatic rings. The minimum atomic E-state index is -0.531. The Hall–Kier alpha value is -4.24. The maximum absolute atomic E-state index is 13.4. The lowest BCUT2D eigenvalue weighted by atomic mass is 9.82. The van der Waals surface area contributed by atoms with Crippen LogP contribution in [0.15, 0.2) is 48.8 Å². The van der Waals surface area contributed by atoms with Crippen LogP contribution in [-0.2, 0) is 9.59 Å². The predicted octanol–water partition coefficient (Wildman–Crippen LogP) is 6.70. The van der Waals surface area contributed by atoms with Gasteiger partial charge in [-0.2, -0.15) is 0 Å². The van der Waals surface area contributed by atoms with Crippen LogP contribution in [0.2, 0.25) is 0 Å². The van der Waals surface area contributed by atoms with Crippen molar-refractivity contribution < 1.29 is 9.59 Å². The predicted molar refractivity (Wildman–Crippen MR) is 182 cm³/mol. The summed E-state index contributed by atoms with van der Waals surface area (Å²) in [5, 5.41) is 2.72. The number of amides is 2. The van der Waals surface area contributed by atoms with Gasteiger partial charge in [0.1, 0.15) is 17.7 Å². The number of imidazole rings is 2. The second-order valence-electron chi connectivity index (χ2n) is 14.5. The molecule has 5 unspecified atom stereocenters. The van der Waals surface area contributed by atoms with E-state index in [4.69, 9.17) is 9.97 Å². The Kier molecular flexibility index (Phi) is 7.75. The van der Waals surface area contributed by atoms with Crippen LogP contribution < -0.4 is 5.32 Å². The lowest BCUT2D eigenvalue weighted by Gasteiger charge is -2.29. The van der Waals surface area contributed by atoms with E-state index in [1.54, 1.807) is 5.56 Å². The second kappa shape index (κ2) is 12.1. The SMILES string of the molecule is CC(C)C(NC=O)C(=O)N1CCCC1c1ncc(-c2ccc(-c3ccc(-c4cnc(C5CCCN5C)[nH]4)c4c3C3CCC4C3)cc2)[nH]1. The number of carbonyl (C=O) groups is 2. The van der Waals surface area contributed by atoms with E-state index < -0.39 is 6.04 Å². The summed E-state index contributed by atoms with van der Waals surface area (Å²) < 4.78 is 0. The minimum Gasteiger partial charge on any atom is -0.347 e. The van der Waals surface area contributed by atoms with E-state index >= 15 is 0 Å². The first kappa shape index (κ1) is 30.1. The molecule has 2 aliphatic carbocycles. The number of hydrogen-bond donors (Lipinski definition) is 3. The van der Waals surface area contributed by atoms with Gasteiger partial charge in [-0.05, 0) is 104 Å². The van der Waals surface area contributed by atoms with E-state index in [9.17, 15) is 9.59 Å². The van der Waals surface area contributed by atoms with Crippen molar-refractivity contribution in [2.24, 2.45) is 5.92 Å². The van der Waals surface area contributed by atoms with E-state index in [0.717, 1.165) is 48.0 Å². The zero-order valence-corrected chi connectivity index (χ0v) is 27.6. The van der Waals surface area contributed by atoms with Crippen molar-refractivity contribution in [1.29, 1.82) is 0 Å². The number of H-pyrrole nitrogens is 2. The number of nitrogens with zero attached hydrogens (tertiary/aromatic N) is 4. The lowest BCUT2D eigenvalue weighted by Crippen LogP contribution is -2.48. The Balaban J connectivity index is 1.05. The molecule has 2 saturated heterocycles. The average Bonchev–Trinajstić information content (AvgIpc) is 3.93. The number of carbonyl (C=O) groups excluding carboxylic acids is 2. The van der Waals surface area contributed by atoms with Gasteiger partial charge in [0.25, 0.3) is 0 Å². The van der Waals surface area contributed by atoms with Crippen molar-refractivity contribution >= 4 is 12.3 Å². The van der Waals surface area contributed by atoms with Crippen LogP contribution in [-0.4, -0.2) is 68.2 Å². The third-order valence-electron chi connectivity index (χ3n) is 11.4. The van der Waals surface area contributed by atoms with Crippen molar-refractivity contribution in [3.05, 3.63) is 71.6 Å². The fourth-order valence-corrected chi connectivity index (χ4v) is 9.00. The maximum Gasteiger partial charge on any atom is 0.246 e. The van der Waals surface area contributed by atoms with Crippen LogP contribution in [0, 0.1) is 5.92 Å². The number of benzene rings is 2. The molecule has 244 valence electrons. The number of aromatic nitrogens is 4. The Labute approximate surface area is 276 Å². The molecule has 2 aromatic heterocycles. The number of aromatic amines is 2. The Morgan fingerprint density at radius 1 is 0.830 bits per heavy atom. The Bertz CT molecular complexity index is 1790. The first-order valence-corrected chi connectivity index (χ1v) is 17.5. The zero-order valence-electron chi connectivity index (χ0n) is 27.6. The molecule has 5 atom stereocenters. The molecule has 9 nitrogen and oxygen atoms in total. The van der Waals surface area contributed by atoms with Crippen molar-refractivity contribution in [2.45, 2.75) is 88.8 Å². The number of likely N-dealkylation sites (tertiary alicyclic amines) is 2. The highest BCUT2D eigenvalue weighted by atomic mass is 16.2. The van der Waals surface area contributed by atoms with Gasteiger partial charge >= 0.3 is 0 Å². The first-order chi connectivity index (χ1) is 22.9. The van der Waals surface area contributed by atoms with Crippen LogP contribution >= 0.6 is 0 Å². The van der Waals surface area contributed by atoms with Crippen LogP contribution in [0.5, 0.6) is 0 Å². The molecule has 0 radical (unpaired) electrons. The van der Waals surface area contributed by atoms with E-state index in [-0.39, 0.29) is 17.9 Å². The molecule has 47 heavy (non-hydrogen) atoms. The summed E-state index contributed by atoms with van der Waals surface area (Å²) in [4.78, 5) is 45.7. The van der Waals surface area contributed by atoms with Gasteiger partial charge in [-0.1, -0.05) is 50.2 Å². The number of nitrogens with one attached hydrogen (secondary N) is 3. The maximum atomic E-state index is 13.4. The Morgan fingerprint density at radius 2 is 1.45 bits per heavy atom. The average molecular weight is 632 g/mol. The molecule has 2 amide bonds. The summed E-state index contributed by atoms with van der Waals surface area (Å²) in [6.07, 6.45) is 12.5. The minimum absolute atomic E-state index is 0.00874. The van der Waals surface area contributed by atoms with E-state index in [0.29, 0.717) is 30.8 Å². The molecule has 9 heteroatoms. The summed E-state index contributed by atoms with van der Waals surface area (Å²) in [5.41, 5.74) is 10.2. The number of hydrogen-bond acceptors (Lipinski definition) is 5. The Morgan fingerprint density at radius 3 is 2.15 bits per heavy atom. The molecule has 3 N–H and O–H groups in total. The summed E-state index contributed by atoms with van der Waals surface area (Å²) in [6.45, 7) is 5.71. The molecule has 0 spiro atoms. The third-order valence-corrected chi connectivity index (χ3v) is 11.4. The molecule has 2 aromatic carbocycles. The second-order valence-corrected chi connectivity index (χ2v) is 14.5. The van der Waals surface area contributed by atoms with Gasteiger partial charge in [0, 0.05) is 12.1 Å². The molecule has 2 aliphatic heterocycles. The van der Waals surface area contributed by atoms with Crippen molar-refractivity contribution in [3.63, 3.8) is 0 Å². The van der Waals surface area contributed by atoms with Gasteiger partial charge < -0.3 is 20.2 Å². The van der Waals surface area contributed by atoms with Crippen LogP contribution in [0.1, 0.15) is 105 Å². The van der Waals surface area contributed by atoms with Crippen molar-refractivity contribution in [3.8, 4) is 33.6 Å². The molecule has 3 fully saturated rings. The van der Waals surface area contributed by atoms with Gasteiger partial charge in [0.2, 0.25) is 12.3 Å².